The average Bonchev–Trinajstić information content (AvgIpc) is 2.84. The van der Waals surface area contributed by atoms with Gasteiger partial charge in [0.05, 0.1) is 6.10 Å². The molecule has 96 valence electrons. The third-order valence-corrected chi connectivity index (χ3v) is 2.53. The molecule has 0 amide bonds. The molecule has 2 aromatic rings. The number of hydrogen-bond acceptors (Lipinski definition) is 5. The number of benzene rings is 1. The summed E-state index contributed by atoms with van der Waals surface area (Å²) in [4.78, 5) is 0. The van der Waals surface area contributed by atoms with Crippen molar-refractivity contribution in [3.8, 4) is 5.75 Å². The van der Waals surface area contributed by atoms with Gasteiger partial charge in [-0.1, -0.05) is 25.1 Å². The topological polar surface area (TPSA) is 68.4 Å². The van der Waals surface area contributed by atoms with Crippen molar-refractivity contribution >= 4 is 0 Å². The molecular formula is C13H16N2O3. The van der Waals surface area contributed by atoms with Crippen LogP contribution in [0.2, 0.25) is 0 Å². The highest BCUT2D eigenvalue weighted by Gasteiger charge is 2.10. The first kappa shape index (κ1) is 12.6. The van der Waals surface area contributed by atoms with E-state index in [0.717, 1.165) is 5.56 Å². The number of aliphatic hydroxyl groups excluding tert-OH is 1. The van der Waals surface area contributed by atoms with Gasteiger partial charge in [-0.2, -0.15) is 0 Å². The Labute approximate surface area is 105 Å². The summed E-state index contributed by atoms with van der Waals surface area (Å²) < 4.78 is 10.9. The number of nitrogens with zero attached hydrogens (tertiary/aromatic N) is 2. The van der Waals surface area contributed by atoms with Crippen LogP contribution in [0.4, 0.5) is 0 Å². The molecule has 0 aliphatic heterocycles. The Morgan fingerprint density at radius 1 is 1.28 bits per heavy atom. The summed E-state index contributed by atoms with van der Waals surface area (Å²) in [5.41, 5.74) is 0.743. The second-order valence-electron chi connectivity index (χ2n) is 3.95. The highest BCUT2D eigenvalue weighted by atomic mass is 16.5. The lowest BCUT2D eigenvalue weighted by Crippen LogP contribution is -2.01. The Balaban J connectivity index is 2.05. The maximum atomic E-state index is 9.61. The van der Waals surface area contributed by atoms with Crippen molar-refractivity contribution in [2.45, 2.75) is 33.0 Å². The first-order valence-corrected chi connectivity index (χ1v) is 5.91. The number of aliphatic hydroxyl groups is 1. The van der Waals surface area contributed by atoms with Crippen LogP contribution in [0.25, 0.3) is 0 Å². The highest BCUT2D eigenvalue weighted by Crippen LogP contribution is 2.25. The van der Waals surface area contributed by atoms with Gasteiger partial charge in [0.15, 0.2) is 6.61 Å². The zero-order valence-electron chi connectivity index (χ0n) is 10.5. The molecule has 0 saturated heterocycles. The SMILES string of the molecule is CCc1nnc(COc2ccccc2C(C)O)o1. The Bertz CT molecular complexity index is 508. The molecule has 5 nitrogen and oxygen atoms in total. The van der Waals surface area contributed by atoms with Crippen LogP contribution in [0.5, 0.6) is 5.75 Å². The number of aromatic nitrogens is 2. The van der Waals surface area contributed by atoms with Crippen molar-refractivity contribution in [1.82, 2.24) is 10.2 Å². The molecule has 2 rings (SSSR count). The summed E-state index contributed by atoms with van der Waals surface area (Å²) >= 11 is 0. The molecule has 0 spiro atoms. The van der Waals surface area contributed by atoms with E-state index in [1.165, 1.54) is 0 Å². The monoisotopic (exact) mass is 248 g/mol. The summed E-state index contributed by atoms with van der Waals surface area (Å²) in [5.74, 6) is 1.66. The molecule has 0 fully saturated rings. The minimum absolute atomic E-state index is 0.205. The van der Waals surface area contributed by atoms with Crippen LogP contribution in [-0.4, -0.2) is 15.3 Å². The smallest absolute Gasteiger partial charge is 0.253 e. The summed E-state index contributed by atoms with van der Waals surface area (Å²) in [6.45, 7) is 3.85. The van der Waals surface area contributed by atoms with Gasteiger partial charge in [-0.05, 0) is 13.0 Å². The molecule has 1 N–H and O–H groups in total. The molecule has 1 aromatic carbocycles. The van der Waals surface area contributed by atoms with Crippen molar-refractivity contribution in [1.29, 1.82) is 0 Å². The van der Waals surface area contributed by atoms with Gasteiger partial charge in [0, 0.05) is 12.0 Å². The van der Waals surface area contributed by atoms with Crippen molar-refractivity contribution in [2.24, 2.45) is 0 Å². The first-order chi connectivity index (χ1) is 8.70. The molecule has 5 heteroatoms. The van der Waals surface area contributed by atoms with E-state index >= 15 is 0 Å². The van der Waals surface area contributed by atoms with Crippen LogP contribution in [0.1, 0.15) is 37.3 Å². The fourth-order valence-electron chi connectivity index (χ4n) is 1.59. The van der Waals surface area contributed by atoms with Gasteiger partial charge < -0.3 is 14.3 Å². The summed E-state index contributed by atoms with van der Waals surface area (Å²) in [6, 6.07) is 7.34. The predicted octanol–water partition coefficient (Wildman–Crippen LogP) is 2.26. The minimum Gasteiger partial charge on any atom is -0.483 e. The molecular weight excluding hydrogens is 232 g/mol. The number of para-hydroxylation sites is 1. The molecule has 18 heavy (non-hydrogen) atoms. The lowest BCUT2D eigenvalue weighted by atomic mass is 10.1. The standard InChI is InChI=1S/C13H16N2O3/c1-3-12-14-15-13(18-12)8-17-11-7-5-4-6-10(11)9(2)16/h4-7,9,16H,3,8H2,1-2H3. The molecule has 0 radical (unpaired) electrons. The zero-order chi connectivity index (χ0) is 13.0. The Morgan fingerprint density at radius 2 is 2.00 bits per heavy atom. The van der Waals surface area contributed by atoms with E-state index in [4.69, 9.17) is 9.15 Å². The number of hydrogen-bond donors (Lipinski definition) is 1. The Kier molecular flexibility index (Phi) is 3.94. The molecule has 1 heterocycles. The third kappa shape index (κ3) is 2.87. The number of ether oxygens (including phenoxy) is 1. The highest BCUT2D eigenvalue weighted by molar-refractivity contribution is 5.34. The first-order valence-electron chi connectivity index (χ1n) is 5.91. The van der Waals surface area contributed by atoms with E-state index in [1.54, 1.807) is 13.0 Å². The minimum atomic E-state index is -0.574. The molecule has 0 aliphatic carbocycles. The van der Waals surface area contributed by atoms with Gasteiger partial charge in [-0.3, -0.25) is 0 Å². The van der Waals surface area contributed by atoms with E-state index in [-0.39, 0.29) is 6.61 Å². The lowest BCUT2D eigenvalue weighted by Gasteiger charge is -2.11. The van der Waals surface area contributed by atoms with E-state index in [0.29, 0.717) is 24.0 Å². The second kappa shape index (κ2) is 5.64. The zero-order valence-corrected chi connectivity index (χ0v) is 10.5. The molecule has 0 saturated carbocycles. The molecule has 1 atom stereocenters. The van der Waals surface area contributed by atoms with Gasteiger partial charge in [-0.25, -0.2) is 0 Å². The van der Waals surface area contributed by atoms with Gasteiger partial charge >= 0.3 is 0 Å². The largest absolute Gasteiger partial charge is 0.483 e. The molecule has 0 bridgehead atoms. The summed E-state index contributed by atoms with van der Waals surface area (Å²) in [7, 11) is 0. The van der Waals surface area contributed by atoms with E-state index in [9.17, 15) is 5.11 Å². The van der Waals surface area contributed by atoms with Gasteiger partial charge in [0.25, 0.3) is 5.89 Å². The van der Waals surface area contributed by atoms with Crippen LogP contribution < -0.4 is 4.74 Å². The average molecular weight is 248 g/mol. The van der Waals surface area contributed by atoms with Crippen LogP contribution >= 0.6 is 0 Å². The van der Waals surface area contributed by atoms with Crippen molar-refractivity contribution < 1.29 is 14.3 Å². The van der Waals surface area contributed by atoms with Crippen LogP contribution in [0.3, 0.4) is 0 Å². The summed E-state index contributed by atoms with van der Waals surface area (Å²) in [5, 5.41) is 17.3. The van der Waals surface area contributed by atoms with Gasteiger partial charge in [0.1, 0.15) is 5.75 Å². The van der Waals surface area contributed by atoms with Gasteiger partial charge in [0.2, 0.25) is 5.89 Å². The van der Waals surface area contributed by atoms with Crippen molar-refractivity contribution in [2.75, 3.05) is 0 Å². The Morgan fingerprint density at radius 3 is 2.67 bits per heavy atom. The normalized spacial score (nSPS) is 12.4. The predicted molar refractivity (Wildman–Crippen MR) is 65.1 cm³/mol. The quantitative estimate of drug-likeness (QED) is 0.879. The second-order valence-corrected chi connectivity index (χ2v) is 3.95. The maximum absolute atomic E-state index is 9.61. The van der Waals surface area contributed by atoms with E-state index in [1.807, 2.05) is 25.1 Å². The molecule has 1 aromatic heterocycles. The van der Waals surface area contributed by atoms with Crippen LogP contribution in [-0.2, 0) is 13.0 Å². The van der Waals surface area contributed by atoms with Crippen LogP contribution in [0, 0.1) is 0 Å². The summed E-state index contributed by atoms with van der Waals surface area (Å²) in [6.07, 6.45) is 0.132. The fourth-order valence-corrected chi connectivity index (χ4v) is 1.59. The maximum Gasteiger partial charge on any atom is 0.253 e. The van der Waals surface area contributed by atoms with Crippen LogP contribution in [0.15, 0.2) is 28.7 Å². The van der Waals surface area contributed by atoms with E-state index in [2.05, 4.69) is 10.2 Å². The van der Waals surface area contributed by atoms with E-state index < -0.39 is 6.10 Å². The number of rotatable bonds is 5. The third-order valence-electron chi connectivity index (χ3n) is 2.53. The van der Waals surface area contributed by atoms with Crippen molar-refractivity contribution in [3.05, 3.63) is 41.6 Å². The van der Waals surface area contributed by atoms with Gasteiger partial charge in [-0.15, -0.1) is 10.2 Å². The number of aryl methyl sites for hydroxylation is 1. The molecule has 0 aliphatic rings. The van der Waals surface area contributed by atoms with Crippen molar-refractivity contribution in [3.63, 3.8) is 0 Å². The fraction of sp³-hybridized carbons (Fsp3) is 0.385. The Hall–Kier alpha value is -1.88. The lowest BCUT2D eigenvalue weighted by molar-refractivity contribution is 0.187. The molecule has 1 unspecified atom stereocenters.